The monoisotopic (exact) mass is 132 g/mol. The molecule has 0 saturated carbocycles. The SMILES string of the molecule is CC(C)(O)CC(O)C=O. The van der Waals surface area contributed by atoms with E-state index in [4.69, 9.17) is 10.2 Å². The van der Waals surface area contributed by atoms with Gasteiger partial charge < -0.3 is 15.0 Å². The summed E-state index contributed by atoms with van der Waals surface area (Å²) in [5, 5.41) is 17.7. The molecule has 3 heteroatoms. The second kappa shape index (κ2) is 2.94. The molecule has 9 heavy (non-hydrogen) atoms. The fourth-order valence-corrected chi connectivity index (χ4v) is 0.560. The van der Waals surface area contributed by atoms with Crippen molar-refractivity contribution in [3.8, 4) is 0 Å². The van der Waals surface area contributed by atoms with Crippen LogP contribution >= 0.6 is 0 Å². The van der Waals surface area contributed by atoms with Crippen LogP contribution in [0.15, 0.2) is 0 Å². The summed E-state index contributed by atoms with van der Waals surface area (Å²) in [5.41, 5.74) is -0.958. The Hall–Kier alpha value is -0.410. The lowest BCUT2D eigenvalue weighted by Gasteiger charge is -2.17. The van der Waals surface area contributed by atoms with Crippen LogP contribution in [0.3, 0.4) is 0 Å². The molecule has 0 bridgehead atoms. The highest BCUT2D eigenvalue weighted by Crippen LogP contribution is 2.08. The zero-order chi connectivity index (χ0) is 7.49. The highest BCUT2D eigenvalue weighted by Gasteiger charge is 2.17. The third-order valence-electron chi connectivity index (χ3n) is 0.866. The van der Waals surface area contributed by atoms with E-state index in [1.54, 1.807) is 13.8 Å². The van der Waals surface area contributed by atoms with Gasteiger partial charge in [-0.15, -0.1) is 0 Å². The standard InChI is InChI=1S/C6H12O3/c1-6(2,9)3-5(8)4-7/h4-5,8-9H,3H2,1-2H3. The Labute approximate surface area is 54.3 Å². The van der Waals surface area contributed by atoms with Crippen molar-refractivity contribution in [2.45, 2.75) is 32.0 Å². The molecule has 1 atom stereocenters. The second-order valence-electron chi connectivity index (χ2n) is 2.72. The summed E-state index contributed by atoms with van der Waals surface area (Å²) < 4.78 is 0. The molecule has 0 aromatic carbocycles. The van der Waals surface area contributed by atoms with E-state index in [9.17, 15) is 4.79 Å². The Bertz CT molecular complexity index is 93.0. The minimum atomic E-state index is -1.04. The minimum absolute atomic E-state index is 0.0938. The maximum Gasteiger partial charge on any atom is 0.148 e. The molecular weight excluding hydrogens is 120 g/mol. The molecule has 0 aliphatic heterocycles. The topological polar surface area (TPSA) is 57.5 Å². The number of aliphatic hydroxyl groups excluding tert-OH is 1. The molecule has 0 aromatic heterocycles. The first-order valence-corrected chi connectivity index (χ1v) is 2.81. The summed E-state index contributed by atoms with van der Waals surface area (Å²) >= 11 is 0. The first-order chi connectivity index (χ1) is 3.95. The van der Waals surface area contributed by atoms with Crippen molar-refractivity contribution < 1.29 is 15.0 Å². The van der Waals surface area contributed by atoms with E-state index < -0.39 is 11.7 Å². The first kappa shape index (κ1) is 8.59. The summed E-state index contributed by atoms with van der Waals surface area (Å²) in [6, 6.07) is 0. The van der Waals surface area contributed by atoms with Crippen molar-refractivity contribution in [2.24, 2.45) is 0 Å². The number of carbonyl (C=O) groups excluding carboxylic acids is 1. The van der Waals surface area contributed by atoms with Crippen LogP contribution in [0.2, 0.25) is 0 Å². The molecular formula is C6H12O3. The van der Waals surface area contributed by atoms with Crippen LogP contribution in [0.25, 0.3) is 0 Å². The van der Waals surface area contributed by atoms with Crippen molar-refractivity contribution >= 4 is 6.29 Å². The van der Waals surface area contributed by atoms with Gasteiger partial charge in [-0.25, -0.2) is 0 Å². The molecule has 54 valence electrons. The molecule has 0 radical (unpaired) electrons. The predicted molar refractivity (Wildman–Crippen MR) is 33.0 cm³/mol. The highest BCUT2D eigenvalue weighted by atomic mass is 16.3. The molecule has 0 spiro atoms. The van der Waals surface area contributed by atoms with Crippen LogP contribution in [-0.2, 0) is 4.79 Å². The number of aldehydes is 1. The average molecular weight is 132 g/mol. The van der Waals surface area contributed by atoms with Crippen molar-refractivity contribution in [3.05, 3.63) is 0 Å². The third kappa shape index (κ3) is 5.46. The highest BCUT2D eigenvalue weighted by molar-refractivity contribution is 5.55. The van der Waals surface area contributed by atoms with Gasteiger partial charge in [-0.05, 0) is 13.8 Å². The molecule has 0 amide bonds. The fraction of sp³-hybridized carbons (Fsp3) is 0.833. The minimum Gasteiger partial charge on any atom is -0.390 e. The number of hydrogen-bond acceptors (Lipinski definition) is 3. The number of rotatable bonds is 3. The predicted octanol–water partition coefficient (Wildman–Crippen LogP) is -0.293. The summed E-state index contributed by atoms with van der Waals surface area (Å²) in [5.74, 6) is 0. The summed E-state index contributed by atoms with van der Waals surface area (Å²) in [4.78, 5) is 9.82. The van der Waals surface area contributed by atoms with Crippen LogP contribution in [0.1, 0.15) is 20.3 Å². The number of hydrogen-bond donors (Lipinski definition) is 2. The molecule has 0 heterocycles. The molecule has 0 fully saturated rings. The van der Waals surface area contributed by atoms with Gasteiger partial charge in [0.05, 0.1) is 5.60 Å². The summed E-state index contributed by atoms with van der Waals surface area (Å²) in [6.45, 7) is 3.08. The van der Waals surface area contributed by atoms with Gasteiger partial charge in [-0.3, -0.25) is 0 Å². The average Bonchev–Trinajstić information content (AvgIpc) is 1.62. The molecule has 0 aliphatic carbocycles. The number of aliphatic hydroxyl groups is 2. The van der Waals surface area contributed by atoms with Gasteiger partial charge in [0.25, 0.3) is 0 Å². The fourth-order valence-electron chi connectivity index (χ4n) is 0.560. The lowest BCUT2D eigenvalue weighted by atomic mass is 10.0. The maximum absolute atomic E-state index is 9.82. The van der Waals surface area contributed by atoms with E-state index in [0.717, 1.165) is 0 Å². The third-order valence-corrected chi connectivity index (χ3v) is 0.866. The van der Waals surface area contributed by atoms with Crippen LogP contribution < -0.4 is 0 Å². The smallest absolute Gasteiger partial charge is 0.148 e. The largest absolute Gasteiger partial charge is 0.390 e. The molecule has 3 nitrogen and oxygen atoms in total. The number of carbonyl (C=O) groups is 1. The van der Waals surface area contributed by atoms with Gasteiger partial charge in [-0.2, -0.15) is 0 Å². The van der Waals surface area contributed by atoms with Gasteiger partial charge in [0, 0.05) is 6.42 Å². The summed E-state index contributed by atoms with van der Waals surface area (Å²) in [7, 11) is 0. The van der Waals surface area contributed by atoms with Gasteiger partial charge in [-0.1, -0.05) is 0 Å². The Kier molecular flexibility index (Phi) is 2.81. The van der Waals surface area contributed by atoms with Crippen LogP contribution in [0.4, 0.5) is 0 Å². The summed E-state index contributed by atoms with van der Waals surface area (Å²) in [6.07, 6.45) is -0.529. The quantitative estimate of drug-likeness (QED) is 0.519. The first-order valence-electron chi connectivity index (χ1n) is 2.81. The second-order valence-corrected chi connectivity index (χ2v) is 2.72. The van der Waals surface area contributed by atoms with Gasteiger partial charge in [0.2, 0.25) is 0 Å². The van der Waals surface area contributed by atoms with Crippen LogP contribution in [-0.4, -0.2) is 28.2 Å². The Morgan fingerprint density at radius 3 is 2.22 bits per heavy atom. The molecule has 0 aromatic rings. The van der Waals surface area contributed by atoms with E-state index in [-0.39, 0.29) is 6.42 Å². The van der Waals surface area contributed by atoms with Crippen LogP contribution in [0, 0.1) is 0 Å². The Morgan fingerprint density at radius 2 is 2.11 bits per heavy atom. The van der Waals surface area contributed by atoms with Gasteiger partial charge in [0.15, 0.2) is 0 Å². The van der Waals surface area contributed by atoms with Crippen molar-refractivity contribution in [3.63, 3.8) is 0 Å². The molecule has 0 rings (SSSR count). The van der Waals surface area contributed by atoms with E-state index in [1.807, 2.05) is 0 Å². The molecule has 0 saturated heterocycles. The Balaban J connectivity index is 3.59. The van der Waals surface area contributed by atoms with Crippen molar-refractivity contribution in [2.75, 3.05) is 0 Å². The maximum atomic E-state index is 9.82. The zero-order valence-corrected chi connectivity index (χ0v) is 5.66. The lowest BCUT2D eigenvalue weighted by Crippen LogP contribution is -2.26. The van der Waals surface area contributed by atoms with Crippen molar-refractivity contribution in [1.29, 1.82) is 0 Å². The lowest BCUT2D eigenvalue weighted by molar-refractivity contribution is -0.117. The zero-order valence-electron chi connectivity index (χ0n) is 5.66. The molecule has 0 aliphatic rings. The molecule has 1 unspecified atom stereocenters. The molecule has 2 N–H and O–H groups in total. The van der Waals surface area contributed by atoms with Gasteiger partial charge >= 0.3 is 0 Å². The van der Waals surface area contributed by atoms with E-state index in [2.05, 4.69) is 0 Å². The van der Waals surface area contributed by atoms with E-state index in [1.165, 1.54) is 0 Å². The van der Waals surface area contributed by atoms with Crippen LogP contribution in [0.5, 0.6) is 0 Å². The van der Waals surface area contributed by atoms with Crippen molar-refractivity contribution in [1.82, 2.24) is 0 Å². The van der Waals surface area contributed by atoms with E-state index in [0.29, 0.717) is 6.29 Å². The normalized spacial score (nSPS) is 15.1. The van der Waals surface area contributed by atoms with Gasteiger partial charge in [0.1, 0.15) is 12.4 Å². The van der Waals surface area contributed by atoms with E-state index >= 15 is 0 Å². The Morgan fingerprint density at radius 1 is 1.67 bits per heavy atom.